The number of rotatable bonds is 46. The zero-order valence-electron chi connectivity index (χ0n) is 40.3. The molecule has 0 bridgehead atoms. The van der Waals surface area contributed by atoms with Crippen LogP contribution in [0.2, 0.25) is 0 Å². The number of amides is 1. The molecule has 61 heavy (non-hydrogen) atoms. The lowest BCUT2D eigenvalue weighted by Crippen LogP contribution is -2.46. The predicted molar refractivity (Wildman–Crippen MR) is 264 cm³/mol. The van der Waals surface area contributed by atoms with Crippen LogP contribution in [0.5, 0.6) is 0 Å². The second-order valence-corrected chi connectivity index (χ2v) is 17.5. The van der Waals surface area contributed by atoms with E-state index in [1.807, 2.05) is 0 Å². The molecule has 0 saturated carbocycles. The van der Waals surface area contributed by atoms with E-state index >= 15 is 0 Å². The van der Waals surface area contributed by atoms with Crippen LogP contribution >= 0.6 is 0 Å². The molecule has 3 N–H and O–H groups in total. The van der Waals surface area contributed by atoms with E-state index in [1.165, 1.54) is 122 Å². The molecular weight excluding hydrogens is 755 g/mol. The van der Waals surface area contributed by atoms with Crippen molar-refractivity contribution in [2.45, 2.75) is 270 Å². The molecule has 3 atom stereocenters. The summed E-state index contributed by atoms with van der Waals surface area (Å²) in [5, 5.41) is 23.7. The summed E-state index contributed by atoms with van der Waals surface area (Å²) in [5.74, 6) is -0.525. The van der Waals surface area contributed by atoms with E-state index in [9.17, 15) is 19.8 Å². The van der Waals surface area contributed by atoms with Crippen molar-refractivity contribution in [2.24, 2.45) is 0 Å². The number of aliphatic hydroxyl groups is 2. The third kappa shape index (κ3) is 44.0. The van der Waals surface area contributed by atoms with Gasteiger partial charge in [-0.25, -0.2) is 0 Å². The minimum Gasteiger partial charge on any atom is -0.462 e. The predicted octanol–water partition coefficient (Wildman–Crippen LogP) is 15.6. The van der Waals surface area contributed by atoms with Crippen LogP contribution in [0.3, 0.4) is 0 Å². The molecule has 0 radical (unpaired) electrons. The zero-order valence-corrected chi connectivity index (χ0v) is 40.3. The number of carbonyl (C=O) groups is 2. The SMILES string of the molecule is CC/C=C\C/C=C\C/C=C\C/C=C\C/C=C\CCCC(CC(=O)NC(CO)C(O)CCCCCCCCCCCCC)OC(=O)CCCCCCCCCCCCCCCC. The third-order valence-electron chi connectivity index (χ3n) is 11.6. The fraction of sp³-hybridized carbons (Fsp3) is 0.782. The van der Waals surface area contributed by atoms with Gasteiger partial charge in [-0.15, -0.1) is 0 Å². The van der Waals surface area contributed by atoms with Gasteiger partial charge >= 0.3 is 5.97 Å². The molecule has 0 saturated heterocycles. The van der Waals surface area contributed by atoms with Gasteiger partial charge in [0.25, 0.3) is 0 Å². The lowest BCUT2D eigenvalue weighted by Gasteiger charge is -2.24. The summed E-state index contributed by atoms with van der Waals surface area (Å²) in [6.07, 6.45) is 60.0. The molecule has 0 spiro atoms. The van der Waals surface area contributed by atoms with Crippen LogP contribution in [-0.4, -0.2) is 46.9 Å². The first-order valence-corrected chi connectivity index (χ1v) is 26.0. The average molecular weight is 854 g/mol. The van der Waals surface area contributed by atoms with E-state index in [2.05, 4.69) is 86.8 Å². The highest BCUT2D eigenvalue weighted by atomic mass is 16.5. The molecule has 0 aromatic heterocycles. The zero-order chi connectivity index (χ0) is 44.5. The van der Waals surface area contributed by atoms with Gasteiger partial charge < -0.3 is 20.3 Å². The number of esters is 1. The molecule has 6 nitrogen and oxygen atoms in total. The molecule has 0 aliphatic rings. The third-order valence-corrected chi connectivity index (χ3v) is 11.6. The summed E-state index contributed by atoms with van der Waals surface area (Å²) in [6, 6.07) is -0.719. The summed E-state index contributed by atoms with van der Waals surface area (Å²) in [4.78, 5) is 26.1. The first kappa shape index (κ1) is 58.6. The van der Waals surface area contributed by atoms with Crippen molar-refractivity contribution in [3.8, 4) is 0 Å². The van der Waals surface area contributed by atoms with Crippen molar-refractivity contribution in [3.05, 3.63) is 60.8 Å². The molecule has 354 valence electrons. The first-order valence-electron chi connectivity index (χ1n) is 26.0. The second-order valence-electron chi connectivity index (χ2n) is 17.5. The smallest absolute Gasteiger partial charge is 0.306 e. The van der Waals surface area contributed by atoms with Crippen LogP contribution in [-0.2, 0) is 14.3 Å². The van der Waals surface area contributed by atoms with Crippen molar-refractivity contribution in [1.29, 1.82) is 0 Å². The maximum Gasteiger partial charge on any atom is 0.306 e. The van der Waals surface area contributed by atoms with Gasteiger partial charge in [0.1, 0.15) is 6.10 Å². The largest absolute Gasteiger partial charge is 0.462 e. The minimum atomic E-state index is -0.802. The van der Waals surface area contributed by atoms with Gasteiger partial charge in [-0.2, -0.15) is 0 Å². The molecule has 0 fully saturated rings. The topological polar surface area (TPSA) is 95.9 Å². The highest BCUT2D eigenvalue weighted by molar-refractivity contribution is 5.77. The van der Waals surface area contributed by atoms with Crippen LogP contribution in [0.15, 0.2) is 60.8 Å². The normalized spacial score (nSPS) is 13.7. The summed E-state index contributed by atoms with van der Waals surface area (Å²) < 4.78 is 5.91. The standard InChI is InChI=1S/C55H99NO5/c1-4-7-10-13-16-19-22-24-26-27-28-29-32-34-37-40-43-46-51(61-55(60)48-45-42-39-36-33-30-25-23-20-17-14-11-8-5-2)49-54(59)56-52(50-57)53(58)47-44-41-38-35-31-21-18-15-12-9-6-3/h7,10,16,19,24,26,28-29,34,37,51-53,57-58H,4-6,8-9,11-15,17-18,20-23,25,27,30-33,35-36,38-50H2,1-3H3,(H,56,59)/b10-7-,19-16-,26-24-,29-28-,37-34-. The molecular formula is C55H99NO5. The number of hydrogen-bond donors (Lipinski definition) is 3. The van der Waals surface area contributed by atoms with Crippen molar-refractivity contribution < 1.29 is 24.5 Å². The van der Waals surface area contributed by atoms with Crippen LogP contribution in [0.1, 0.15) is 252 Å². The Labute approximate surface area is 378 Å². The van der Waals surface area contributed by atoms with Gasteiger partial charge in [0.05, 0.1) is 25.2 Å². The molecule has 0 heterocycles. The maximum atomic E-state index is 13.2. The molecule has 0 aromatic carbocycles. The molecule has 0 aromatic rings. The van der Waals surface area contributed by atoms with E-state index in [-0.39, 0.29) is 24.9 Å². The van der Waals surface area contributed by atoms with Gasteiger partial charge in [0.2, 0.25) is 5.91 Å². The summed E-state index contributed by atoms with van der Waals surface area (Å²) >= 11 is 0. The average Bonchev–Trinajstić information content (AvgIpc) is 3.25. The fourth-order valence-corrected chi connectivity index (χ4v) is 7.70. The van der Waals surface area contributed by atoms with Crippen LogP contribution in [0, 0.1) is 0 Å². The molecule has 0 rings (SSSR count). The summed E-state index contributed by atoms with van der Waals surface area (Å²) in [7, 11) is 0. The molecule has 0 aliphatic carbocycles. The van der Waals surface area contributed by atoms with Crippen LogP contribution in [0.4, 0.5) is 0 Å². The van der Waals surface area contributed by atoms with Crippen molar-refractivity contribution in [3.63, 3.8) is 0 Å². The van der Waals surface area contributed by atoms with Gasteiger partial charge in [-0.1, -0.05) is 236 Å². The summed E-state index contributed by atoms with van der Waals surface area (Å²) in [6.45, 7) is 6.35. The number of hydrogen-bond acceptors (Lipinski definition) is 5. The second kappa shape index (κ2) is 48.6. The van der Waals surface area contributed by atoms with E-state index < -0.39 is 18.2 Å². The Hall–Kier alpha value is -2.44. The Balaban J connectivity index is 4.69. The molecule has 3 unspecified atom stereocenters. The minimum absolute atomic E-state index is 0.0395. The number of aliphatic hydroxyl groups excluding tert-OH is 2. The quantitative estimate of drug-likeness (QED) is 0.0322. The number of ether oxygens (including phenoxy) is 1. The number of allylic oxidation sites excluding steroid dienone is 10. The number of nitrogens with one attached hydrogen (secondary N) is 1. The first-order chi connectivity index (χ1) is 30.0. The lowest BCUT2D eigenvalue weighted by molar-refractivity contribution is -0.151. The Morgan fingerprint density at radius 3 is 1.31 bits per heavy atom. The van der Waals surface area contributed by atoms with Gasteiger partial charge in [0.15, 0.2) is 0 Å². The monoisotopic (exact) mass is 854 g/mol. The maximum absolute atomic E-state index is 13.2. The van der Waals surface area contributed by atoms with Gasteiger partial charge in [-0.05, 0) is 64.2 Å². The molecule has 6 heteroatoms. The van der Waals surface area contributed by atoms with E-state index in [1.54, 1.807) is 0 Å². The Morgan fingerprint density at radius 1 is 0.492 bits per heavy atom. The van der Waals surface area contributed by atoms with Crippen molar-refractivity contribution in [1.82, 2.24) is 5.32 Å². The Kier molecular flexibility index (Phi) is 46.6. The molecule has 0 aliphatic heterocycles. The van der Waals surface area contributed by atoms with E-state index in [0.29, 0.717) is 19.3 Å². The van der Waals surface area contributed by atoms with Gasteiger partial charge in [-0.3, -0.25) is 9.59 Å². The fourth-order valence-electron chi connectivity index (χ4n) is 7.70. The highest BCUT2D eigenvalue weighted by Gasteiger charge is 2.24. The Bertz CT molecular complexity index is 1090. The van der Waals surface area contributed by atoms with Gasteiger partial charge in [0, 0.05) is 6.42 Å². The van der Waals surface area contributed by atoms with Crippen molar-refractivity contribution >= 4 is 11.9 Å². The van der Waals surface area contributed by atoms with E-state index in [4.69, 9.17) is 4.74 Å². The van der Waals surface area contributed by atoms with Crippen LogP contribution in [0.25, 0.3) is 0 Å². The van der Waals surface area contributed by atoms with Crippen molar-refractivity contribution in [2.75, 3.05) is 6.61 Å². The Morgan fingerprint density at radius 2 is 0.885 bits per heavy atom. The number of carbonyl (C=O) groups excluding carboxylic acids is 2. The summed E-state index contributed by atoms with van der Waals surface area (Å²) in [5.41, 5.74) is 0. The number of unbranched alkanes of at least 4 members (excludes halogenated alkanes) is 24. The lowest BCUT2D eigenvalue weighted by atomic mass is 10.0. The molecule has 1 amide bonds. The van der Waals surface area contributed by atoms with Crippen LogP contribution < -0.4 is 5.32 Å². The van der Waals surface area contributed by atoms with E-state index in [0.717, 1.165) is 83.5 Å². The highest BCUT2D eigenvalue weighted by Crippen LogP contribution is 2.17.